The van der Waals surface area contributed by atoms with Gasteiger partial charge in [0.25, 0.3) is 0 Å². The van der Waals surface area contributed by atoms with Gasteiger partial charge in [-0.15, -0.1) is 0 Å². The fourth-order valence-corrected chi connectivity index (χ4v) is 2.17. The molecule has 0 aliphatic rings. The van der Waals surface area contributed by atoms with Crippen LogP contribution in [0.5, 0.6) is 0 Å². The molecule has 0 bridgehead atoms. The van der Waals surface area contributed by atoms with Crippen molar-refractivity contribution in [2.75, 3.05) is 20.6 Å². The smallest absolute Gasteiger partial charge is 0.00442 e. The van der Waals surface area contributed by atoms with E-state index in [4.69, 9.17) is 0 Å². The van der Waals surface area contributed by atoms with Gasteiger partial charge >= 0.3 is 0 Å². The highest BCUT2D eigenvalue weighted by Crippen LogP contribution is 2.22. The molecule has 0 amide bonds. The van der Waals surface area contributed by atoms with Gasteiger partial charge in [-0.3, -0.25) is 0 Å². The highest BCUT2D eigenvalue weighted by molar-refractivity contribution is 5.19. The zero-order valence-electron chi connectivity index (χ0n) is 10.9. The predicted octanol–water partition coefficient (Wildman–Crippen LogP) is 3.91. The highest BCUT2D eigenvalue weighted by atomic mass is 15.1. The van der Waals surface area contributed by atoms with Crippen LogP contribution in [0.15, 0.2) is 30.3 Å². The molecule has 0 saturated heterocycles. The molecule has 0 aliphatic heterocycles. The number of unbranched alkanes of at least 4 members (excludes halogenated alkanes) is 2. The van der Waals surface area contributed by atoms with E-state index in [1.54, 1.807) is 0 Å². The molecular formula is C15H25N. The fourth-order valence-electron chi connectivity index (χ4n) is 2.17. The Morgan fingerprint density at radius 2 is 1.75 bits per heavy atom. The molecule has 1 aromatic carbocycles. The zero-order chi connectivity index (χ0) is 11.8. The van der Waals surface area contributed by atoms with E-state index in [1.165, 1.54) is 31.2 Å². The van der Waals surface area contributed by atoms with Crippen molar-refractivity contribution in [2.45, 2.75) is 38.5 Å². The molecule has 0 radical (unpaired) electrons. The van der Waals surface area contributed by atoms with Crippen molar-refractivity contribution in [3.8, 4) is 0 Å². The topological polar surface area (TPSA) is 3.24 Å². The molecule has 0 aromatic heterocycles. The molecule has 1 unspecified atom stereocenters. The van der Waals surface area contributed by atoms with Crippen molar-refractivity contribution in [2.24, 2.45) is 0 Å². The first kappa shape index (κ1) is 13.2. The Balaban J connectivity index is 2.56. The predicted molar refractivity (Wildman–Crippen MR) is 71.9 cm³/mol. The first-order chi connectivity index (χ1) is 7.74. The highest BCUT2D eigenvalue weighted by Gasteiger charge is 2.11. The SMILES string of the molecule is CCCCCC(CN(C)C)c1ccccc1. The summed E-state index contributed by atoms with van der Waals surface area (Å²) in [4.78, 5) is 2.30. The van der Waals surface area contributed by atoms with Gasteiger partial charge < -0.3 is 4.90 Å². The van der Waals surface area contributed by atoms with E-state index in [-0.39, 0.29) is 0 Å². The van der Waals surface area contributed by atoms with Crippen molar-refractivity contribution in [1.29, 1.82) is 0 Å². The van der Waals surface area contributed by atoms with E-state index in [0.717, 1.165) is 6.54 Å². The lowest BCUT2D eigenvalue weighted by Crippen LogP contribution is -2.20. The van der Waals surface area contributed by atoms with Crippen molar-refractivity contribution >= 4 is 0 Å². The van der Waals surface area contributed by atoms with Gasteiger partial charge in [0.15, 0.2) is 0 Å². The minimum absolute atomic E-state index is 0.697. The van der Waals surface area contributed by atoms with Gasteiger partial charge in [0.05, 0.1) is 0 Å². The Labute approximate surface area is 100 Å². The molecule has 16 heavy (non-hydrogen) atoms. The second-order valence-electron chi connectivity index (χ2n) is 4.87. The van der Waals surface area contributed by atoms with Crippen LogP contribution in [-0.2, 0) is 0 Å². The van der Waals surface area contributed by atoms with Gasteiger partial charge in [0, 0.05) is 6.54 Å². The van der Waals surface area contributed by atoms with E-state index in [1.807, 2.05) is 0 Å². The van der Waals surface area contributed by atoms with Gasteiger partial charge in [-0.05, 0) is 32.0 Å². The normalized spacial score (nSPS) is 13.0. The molecule has 0 saturated carbocycles. The van der Waals surface area contributed by atoms with E-state index < -0.39 is 0 Å². The maximum atomic E-state index is 2.30. The fraction of sp³-hybridized carbons (Fsp3) is 0.600. The first-order valence-corrected chi connectivity index (χ1v) is 6.43. The lowest BCUT2D eigenvalue weighted by Gasteiger charge is -2.21. The summed E-state index contributed by atoms with van der Waals surface area (Å²) in [7, 11) is 4.32. The van der Waals surface area contributed by atoms with E-state index in [2.05, 4.69) is 56.3 Å². The largest absolute Gasteiger partial charge is 0.309 e. The summed E-state index contributed by atoms with van der Waals surface area (Å²) in [6, 6.07) is 10.9. The molecule has 0 spiro atoms. The van der Waals surface area contributed by atoms with Crippen LogP contribution in [0, 0.1) is 0 Å². The van der Waals surface area contributed by atoms with Crippen LogP contribution in [0.3, 0.4) is 0 Å². The molecule has 1 nitrogen and oxygen atoms in total. The molecule has 1 aromatic rings. The van der Waals surface area contributed by atoms with Crippen molar-refractivity contribution in [3.05, 3.63) is 35.9 Å². The van der Waals surface area contributed by atoms with Gasteiger partial charge in [-0.25, -0.2) is 0 Å². The monoisotopic (exact) mass is 219 g/mol. The van der Waals surface area contributed by atoms with Crippen molar-refractivity contribution in [1.82, 2.24) is 4.90 Å². The van der Waals surface area contributed by atoms with Crippen LogP contribution < -0.4 is 0 Å². The molecule has 1 atom stereocenters. The third kappa shape index (κ3) is 4.80. The van der Waals surface area contributed by atoms with Crippen LogP contribution in [0.4, 0.5) is 0 Å². The average molecular weight is 219 g/mol. The minimum atomic E-state index is 0.697. The molecular weight excluding hydrogens is 194 g/mol. The second-order valence-corrected chi connectivity index (χ2v) is 4.87. The van der Waals surface area contributed by atoms with Crippen molar-refractivity contribution < 1.29 is 0 Å². The summed E-state index contributed by atoms with van der Waals surface area (Å²) in [6.07, 6.45) is 5.33. The van der Waals surface area contributed by atoms with Crippen LogP contribution in [-0.4, -0.2) is 25.5 Å². The Morgan fingerprint density at radius 1 is 1.06 bits per heavy atom. The van der Waals surface area contributed by atoms with E-state index in [9.17, 15) is 0 Å². The molecule has 0 heterocycles. The summed E-state index contributed by atoms with van der Waals surface area (Å²) >= 11 is 0. The second kappa shape index (κ2) is 7.45. The Morgan fingerprint density at radius 3 is 2.31 bits per heavy atom. The molecule has 0 aliphatic carbocycles. The molecule has 0 fully saturated rings. The number of nitrogens with zero attached hydrogens (tertiary/aromatic N) is 1. The maximum absolute atomic E-state index is 2.30. The summed E-state index contributed by atoms with van der Waals surface area (Å²) in [6.45, 7) is 3.43. The maximum Gasteiger partial charge on any atom is 0.00442 e. The van der Waals surface area contributed by atoms with E-state index >= 15 is 0 Å². The molecule has 0 N–H and O–H groups in total. The average Bonchev–Trinajstić information content (AvgIpc) is 2.29. The number of rotatable bonds is 7. The number of benzene rings is 1. The Kier molecular flexibility index (Phi) is 6.17. The number of hydrogen-bond acceptors (Lipinski definition) is 1. The minimum Gasteiger partial charge on any atom is -0.309 e. The van der Waals surface area contributed by atoms with Gasteiger partial charge in [0.2, 0.25) is 0 Å². The zero-order valence-corrected chi connectivity index (χ0v) is 10.9. The van der Waals surface area contributed by atoms with Crippen molar-refractivity contribution in [3.63, 3.8) is 0 Å². The number of likely N-dealkylation sites (N-methyl/N-ethyl adjacent to an activating group) is 1. The van der Waals surface area contributed by atoms with Crippen LogP contribution in [0.25, 0.3) is 0 Å². The Hall–Kier alpha value is -0.820. The van der Waals surface area contributed by atoms with Gasteiger partial charge in [-0.2, -0.15) is 0 Å². The summed E-state index contributed by atoms with van der Waals surface area (Å²) in [5, 5.41) is 0. The lowest BCUT2D eigenvalue weighted by molar-refractivity contribution is 0.358. The standard InChI is InChI=1S/C15H25N/c1-4-5-7-12-15(13-16(2)3)14-10-8-6-9-11-14/h6,8-11,15H,4-5,7,12-13H2,1-3H3. The summed E-state index contributed by atoms with van der Waals surface area (Å²) < 4.78 is 0. The molecule has 90 valence electrons. The first-order valence-electron chi connectivity index (χ1n) is 6.43. The third-order valence-electron chi connectivity index (χ3n) is 3.01. The van der Waals surface area contributed by atoms with Gasteiger partial charge in [0.1, 0.15) is 0 Å². The van der Waals surface area contributed by atoms with Crippen LogP contribution in [0.2, 0.25) is 0 Å². The quantitative estimate of drug-likeness (QED) is 0.628. The van der Waals surface area contributed by atoms with Gasteiger partial charge in [-0.1, -0.05) is 56.5 Å². The summed E-state index contributed by atoms with van der Waals surface area (Å²) in [5.74, 6) is 0.697. The number of hydrogen-bond donors (Lipinski definition) is 0. The Bertz CT molecular complexity index is 266. The molecule has 1 heteroatoms. The molecule has 1 rings (SSSR count). The van der Waals surface area contributed by atoms with Crippen LogP contribution in [0.1, 0.15) is 44.1 Å². The lowest BCUT2D eigenvalue weighted by atomic mass is 9.93. The third-order valence-corrected chi connectivity index (χ3v) is 3.01. The summed E-state index contributed by atoms with van der Waals surface area (Å²) in [5.41, 5.74) is 1.49. The van der Waals surface area contributed by atoms with E-state index in [0.29, 0.717) is 5.92 Å². The van der Waals surface area contributed by atoms with Crippen LogP contribution >= 0.6 is 0 Å².